The minimum atomic E-state index is -0.275. The molecule has 0 saturated heterocycles. The van der Waals surface area contributed by atoms with Crippen molar-refractivity contribution in [3.05, 3.63) is 0 Å². The highest BCUT2D eigenvalue weighted by Gasteiger charge is 2.03. The summed E-state index contributed by atoms with van der Waals surface area (Å²) in [6.45, 7) is 5.91. The molecule has 0 rings (SSSR count). The second-order valence-corrected chi connectivity index (χ2v) is 4.38. The molecule has 5 heteroatoms. The SMILES string of the molecule is CCCOC(=O)COCCN(C)CCN(C)C. The molecule has 102 valence electrons. The van der Waals surface area contributed by atoms with Crippen LogP contribution in [0.2, 0.25) is 0 Å². The Kier molecular flexibility index (Phi) is 10.1. The van der Waals surface area contributed by atoms with Crippen LogP contribution in [0, 0.1) is 0 Å². The van der Waals surface area contributed by atoms with Crippen LogP contribution in [0.1, 0.15) is 13.3 Å². The lowest BCUT2D eigenvalue weighted by Gasteiger charge is -2.18. The second-order valence-electron chi connectivity index (χ2n) is 4.38. The van der Waals surface area contributed by atoms with Crippen molar-refractivity contribution in [1.82, 2.24) is 9.80 Å². The van der Waals surface area contributed by atoms with Gasteiger partial charge < -0.3 is 19.3 Å². The van der Waals surface area contributed by atoms with Gasteiger partial charge in [-0.3, -0.25) is 0 Å². The summed E-state index contributed by atoms with van der Waals surface area (Å²) < 4.78 is 10.1. The number of ether oxygens (including phenoxy) is 2. The lowest BCUT2D eigenvalue weighted by atomic mass is 10.5. The van der Waals surface area contributed by atoms with Crippen LogP contribution < -0.4 is 0 Å². The predicted octanol–water partition coefficient (Wildman–Crippen LogP) is 0.450. The summed E-state index contributed by atoms with van der Waals surface area (Å²) in [4.78, 5) is 15.4. The zero-order valence-electron chi connectivity index (χ0n) is 11.6. The first-order chi connectivity index (χ1) is 8.06. The first-order valence-corrected chi connectivity index (χ1v) is 6.13. The van der Waals surface area contributed by atoms with Gasteiger partial charge in [0.1, 0.15) is 6.61 Å². The molecule has 0 aliphatic carbocycles. The third-order valence-corrected chi connectivity index (χ3v) is 2.23. The van der Waals surface area contributed by atoms with Crippen molar-refractivity contribution >= 4 is 5.97 Å². The van der Waals surface area contributed by atoms with Crippen molar-refractivity contribution in [2.24, 2.45) is 0 Å². The molecule has 0 atom stereocenters. The fourth-order valence-electron chi connectivity index (χ4n) is 1.12. The molecule has 0 saturated carbocycles. The molecule has 0 N–H and O–H groups in total. The molecule has 0 aromatic heterocycles. The normalized spacial score (nSPS) is 11.2. The van der Waals surface area contributed by atoms with E-state index in [1.54, 1.807) is 0 Å². The number of likely N-dealkylation sites (N-methyl/N-ethyl adjacent to an activating group) is 2. The van der Waals surface area contributed by atoms with Crippen LogP contribution in [0.5, 0.6) is 0 Å². The van der Waals surface area contributed by atoms with E-state index in [1.165, 1.54) is 0 Å². The van der Waals surface area contributed by atoms with Crippen molar-refractivity contribution in [2.75, 3.05) is 60.6 Å². The van der Waals surface area contributed by atoms with Gasteiger partial charge >= 0.3 is 5.97 Å². The van der Waals surface area contributed by atoms with Crippen molar-refractivity contribution in [3.8, 4) is 0 Å². The van der Waals surface area contributed by atoms with Gasteiger partial charge in [-0.2, -0.15) is 0 Å². The van der Waals surface area contributed by atoms with Gasteiger partial charge in [-0.05, 0) is 27.6 Å². The van der Waals surface area contributed by atoms with E-state index >= 15 is 0 Å². The van der Waals surface area contributed by atoms with E-state index in [2.05, 4.69) is 9.80 Å². The number of esters is 1. The maximum Gasteiger partial charge on any atom is 0.332 e. The standard InChI is InChI=1S/C12H26N2O3/c1-5-9-17-12(15)11-16-10-8-14(4)7-6-13(2)3/h5-11H2,1-4H3. The van der Waals surface area contributed by atoms with Crippen LogP contribution >= 0.6 is 0 Å². The van der Waals surface area contributed by atoms with Crippen LogP contribution in [-0.4, -0.2) is 76.4 Å². The summed E-state index contributed by atoms with van der Waals surface area (Å²) in [5.41, 5.74) is 0. The summed E-state index contributed by atoms with van der Waals surface area (Å²) in [7, 11) is 6.14. The van der Waals surface area contributed by atoms with Gasteiger partial charge in [0.15, 0.2) is 0 Å². The summed E-state index contributed by atoms with van der Waals surface area (Å²) in [5, 5.41) is 0. The summed E-state index contributed by atoms with van der Waals surface area (Å²) in [6, 6.07) is 0. The summed E-state index contributed by atoms with van der Waals surface area (Å²) >= 11 is 0. The predicted molar refractivity (Wildman–Crippen MR) is 68.1 cm³/mol. The fraction of sp³-hybridized carbons (Fsp3) is 0.917. The van der Waals surface area contributed by atoms with Crippen molar-refractivity contribution in [1.29, 1.82) is 0 Å². The van der Waals surface area contributed by atoms with Crippen molar-refractivity contribution in [3.63, 3.8) is 0 Å². The average Bonchev–Trinajstić information content (AvgIpc) is 2.29. The number of rotatable bonds is 10. The third-order valence-electron chi connectivity index (χ3n) is 2.23. The highest BCUT2D eigenvalue weighted by Crippen LogP contribution is 1.88. The molecule has 0 radical (unpaired) electrons. The minimum Gasteiger partial charge on any atom is -0.464 e. The monoisotopic (exact) mass is 246 g/mol. The minimum absolute atomic E-state index is 0.0571. The summed E-state index contributed by atoms with van der Waals surface area (Å²) in [6.07, 6.45) is 0.846. The Morgan fingerprint density at radius 3 is 2.35 bits per heavy atom. The molecule has 0 aromatic rings. The largest absolute Gasteiger partial charge is 0.464 e. The lowest BCUT2D eigenvalue weighted by Crippen LogP contribution is -2.31. The lowest BCUT2D eigenvalue weighted by molar-refractivity contribution is -0.149. The highest BCUT2D eigenvalue weighted by molar-refractivity contribution is 5.70. The Hall–Kier alpha value is -0.650. The van der Waals surface area contributed by atoms with E-state index in [1.807, 2.05) is 28.1 Å². The Morgan fingerprint density at radius 1 is 1.06 bits per heavy atom. The average molecular weight is 246 g/mol. The molecule has 0 heterocycles. The first-order valence-electron chi connectivity index (χ1n) is 6.13. The van der Waals surface area contributed by atoms with Crippen LogP contribution in [0.3, 0.4) is 0 Å². The zero-order valence-corrected chi connectivity index (χ0v) is 11.6. The van der Waals surface area contributed by atoms with E-state index in [4.69, 9.17) is 9.47 Å². The van der Waals surface area contributed by atoms with E-state index < -0.39 is 0 Å². The first kappa shape index (κ1) is 16.4. The molecule has 0 spiro atoms. The van der Waals surface area contributed by atoms with Gasteiger partial charge in [-0.1, -0.05) is 6.92 Å². The van der Waals surface area contributed by atoms with Gasteiger partial charge in [0.25, 0.3) is 0 Å². The summed E-state index contributed by atoms with van der Waals surface area (Å²) in [5.74, 6) is -0.275. The van der Waals surface area contributed by atoms with E-state index in [0.717, 1.165) is 26.1 Å². The van der Waals surface area contributed by atoms with Gasteiger partial charge in [0.05, 0.1) is 13.2 Å². The molecule has 0 aliphatic heterocycles. The molecule has 0 unspecified atom stereocenters. The van der Waals surface area contributed by atoms with Gasteiger partial charge in [-0.15, -0.1) is 0 Å². The van der Waals surface area contributed by atoms with Crippen LogP contribution in [0.25, 0.3) is 0 Å². The number of hydrogen-bond acceptors (Lipinski definition) is 5. The van der Waals surface area contributed by atoms with Crippen LogP contribution in [-0.2, 0) is 14.3 Å². The molecule has 0 bridgehead atoms. The Bertz CT molecular complexity index is 198. The fourth-order valence-corrected chi connectivity index (χ4v) is 1.12. The van der Waals surface area contributed by atoms with E-state index in [0.29, 0.717) is 13.2 Å². The number of hydrogen-bond donors (Lipinski definition) is 0. The Labute approximate surface area is 105 Å². The molecule has 0 aliphatic rings. The Morgan fingerprint density at radius 2 is 1.76 bits per heavy atom. The molecule has 5 nitrogen and oxygen atoms in total. The molecular weight excluding hydrogens is 220 g/mol. The molecular formula is C12H26N2O3. The van der Waals surface area contributed by atoms with Crippen molar-refractivity contribution < 1.29 is 14.3 Å². The second kappa shape index (κ2) is 10.5. The molecule has 0 fully saturated rings. The maximum absolute atomic E-state index is 11.1. The number of carbonyl (C=O) groups excluding carboxylic acids is 1. The molecule has 17 heavy (non-hydrogen) atoms. The van der Waals surface area contributed by atoms with Gasteiger partial charge in [0, 0.05) is 19.6 Å². The van der Waals surface area contributed by atoms with Crippen LogP contribution in [0.4, 0.5) is 0 Å². The Balaban J connectivity index is 3.35. The molecule has 0 amide bonds. The van der Waals surface area contributed by atoms with Gasteiger partial charge in [-0.25, -0.2) is 4.79 Å². The third kappa shape index (κ3) is 11.6. The topological polar surface area (TPSA) is 42.0 Å². The van der Waals surface area contributed by atoms with E-state index in [9.17, 15) is 4.79 Å². The zero-order chi connectivity index (χ0) is 13.1. The maximum atomic E-state index is 11.1. The highest BCUT2D eigenvalue weighted by atomic mass is 16.6. The van der Waals surface area contributed by atoms with Crippen molar-refractivity contribution in [2.45, 2.75) is 13.3 Å². The van der Waals surface area contributed by atoms with Gasteiger partial charge in [0.2, 0.25) is 0 Å². The molecule has 0 aromatic carbocycles. The smallest absolute Gasteiger partial charge is 0.332 e. The van der Waals surface area contributed by atoms with Crippen LogP contribution in [0.15, 0.2) is 0 Å². The quantitative estimate of drug-likeness (QED) is 0.413. The number of carbonyl (C=O) groups is 1. The number of nitrogens with zero attached hydrogens (tertiary/aromatic N) is 2. The van der Waals surface area contributed by atoms with E-state index in [-0.39, 0.29) is 12.6 Å².